The Bertz CT molecular complexity index is 475. The SMILES string of the molecule is CC(C)[C@H](N)c1cc2cccc(Br)c2o1. The van der Waals surface area contributed by atoms with E-state index in [1.165, 1.54) is 0 Å². The number of hydrogen-bond donors (Lipinski definition) is 1. The van der Waals surface area contributed by atoms with Crippen molar-refractivity contribution in [2.75, 3.05) is 0 Å². The van der Waals surface area contributed by atoms with Gasteiger partial charge in [-0.1, -0.05) is 26.0 Å². The van der Waals surface area contributed by atoms with E-state index in [0.29, 0.717) is 5.92 Å². The summed E-state index contributed by atoms with van der Waals surface area (Å²) in [4.78, 5) is 0. The van der Waals surface area contributed by atoms with Gasteiger partial charge in [0.2, 0.25) is 0 Å². The van der Waals surface area contributed by atoms with Crippen molar-refractivity contribution in [3.8, 4) is 0 Å². The molecule has 2 aromatic rings. The van der Waals surface area contributed by atoms with E-state index < -0.39 is 0 Å². The van der Waals surface area contributed by atoms with E-state index in [1.807, 2.05) is 24.3 Å². The third-order valence-corrected chi connectivity index (χ3v) is 3.19. The Balaban J connectivity index is 2.52. The Morgan fingerprint density at radius 3 is 2.67 bits per heavy atom. The number of nitrogens with two attached hydrogens (primary N) is 1. The molecule has 0 aliphatic heterocycles. The van der Waals surface area contributed by atoms with Crippen LogP contribution in [0.25, 0.3) is 11.0 Å². The number of para-hydroxylation sites is 1. The van der Waals surface area contributed by atoms with Crippen LogP contribution >= 0.6 is 15.9 Å². The summed E-state index contributed by atoms with van der Waals surface area (Å²) < 4.78 is 6.72. The highest BCUT2D eigenvalue weighted by atomic mass is 79.9. The van der Waals surface area contributed by atoms with E-state index in [1.54, 1.807) is 0 Å². The summed E-state index contributed by atoms with van der Waals surface area (Å²) in [5, 5.41) is 1.09. The van der Waals surface area contributed by atoms with Gasteiger partial charge < -0.3 is 10.2 Å². The monoisotopic (exact) mass is 267 g/mol. The minimum Gasteiger partial charge on any atom is -0.458 e. The molecule has 80 valence electrons. The van der Waals surface area contributed by atoms with Gasteiger partial charge >= 0.3 is 0 Å². The first kappa shape index (κ1) is 10.7. The van der Waals surface area contributed by atoms with Crippen LogP contribution in [0.15, 0.2) is 33.2 Å². The summed E-state index contributed by atoms with van der Waals surface area (Å²) in [5.74, 6) is 1.23. The molecule has 1 heterocycles. The molecule has 1 aromatic heterocycles. The molecule has 2 rings (SSSR count). The van der Waals surface area contributed by atoms with E-state index in [9.17, 15) is 0 Å². The molecule has 3 heteroatoms. The van der Waals surface area contributed by atoms with Crippen molar-refractivity contribution in [1.29, 1.82) is 0 Å². The molecule has 0 aliphatic rings. The van der Waals surface area contributed by atoms with Gasteiger partial charge in [-0.3, -0.25) is 0 Å². The minimum absolute atomic E-state index is 0.0377. The van der Waals surface area contributed by atoms with Crippen LogP contribution in [0.2, 0.25) is 0 Å². The molecule has 0 radical (unpaired) electrons. The van der Waals surface area contributed by atoms with Crippen LogP contribution in [0.4, 0.5) is 0 Å². The van der Waals surface area contributed by atoms with Crippen LogP contribution in [-0.4, -0.2) is 0 Å². The standard InChI is InChI=1S/C12H14BrNO/c1-7(2)11(14)10-6-8-4-3-5-9(13)12(8)15-10/h3-7,11H,14H2,1-2H3/t11-/m0/s1. The highest BCUT2D eigenvalue weighted by Crippen LogP contribution is 2.30. The largest absolute Gasteiger partial charge is 0.458 e. The second kappa shape index (κ2) is 3.99. The second-order valence-corrected chi connectivity index (χ2v) is 4.93. The fourth-order valence-corrected chi connectivity index (χ4v) is 2.00. The normalized spacial score (nSPS) is 13.7. The zero-order valence-corrected chi connectivity index (χ0v) is 10.4. The van der Waals surface area contributed by atoms with Crippen molar-refractivity contribution in [2.45, 2.75) is 19.9 Å². The Morgan fingerprint density at radius 1 is 1.33 bits per heavy atom. The molecule has 0 spiro atoms. The van der Waals surface area contributed by atoms with Crippen molar-refractivity contribution in [2.24, 2.45) is 11.7 Å². The summed E-state index contributed by atoms with van der Waals surface area (Å²) in [6, 6.07) is 7.97. The first-order chi connectivity index (χ1) is 7.09. The van der Waals surface area contributed by atoms with Crippen LogP contribution in [0.3, 0.4) is 0 Å². The fourth-order valence-electron chi connectivity index (χ4n) is 1.54. The smallest absolute Gasteiger partial charge is 0.148 e. The molecule has 2 N–H and O–H groups in total. The molecule has 15 heavy (non-hydrogen) atoms. The van der Waals surface area contributed by atoms with Gasteiger partial charge in [-0.15, -0.1) is 0 Å². The van der Waals surface area contributed by atoms with Crippen LogP contribution in [-0.2, 0) is 0 Å². The molecule has 2 nitrogen and oxygen atoms in total. The summed E-state index contributed by atoms with van der Waals surface area (Å²) in [6.07, 6.45) is 0. The highest BCUT2D eigenvalue weighted by molar-refractivity contribution is 9.10. The number of hydrogen-bond acceptors (Lipinski definition) is 2. The number of rotatable bonds is 2. The van der Waals surface area contributed by atoms with E-state index >= 15 is 0 Å². The number of fused-ring (bicyclic) bond motifs is 1. The third-order valence-electron chi connectivity index (χ3n) is 2.56. The summed E-state index contributed by atoms with van der Waals surface area (Å²) in [5.41, 5.74) is 6.92. The predicted molar refractivity (Wildman–Crippen MR) is 65.7 cm³/mol. The summed E-state index contributed by atoms with van der Waals surface area (Å²) in [7, 11) is 0. The number of benzene rings is 1. The number of furan rings is 1. The Labute approximate surface area is 97.6 Å². The van der Waals surface area contributed by atoms with Gasteiger partial charge in [-0.05, 0) is 34.0 Å². The molecule has 1 atom stereocenters. The lowest BCUT2D eigenvalue weighted by Gasteiger charge is -2.11. The van der Waals surface area contributed by atoms with Crippen molar-refractivity contribution >= 4 is 26.9 Å². The lowest BCUT2D eigenvalue weighted by molar-refractivity contribution is 0.418. The van der Waals surface area contributed by atoms with Crippen molar-refractivity contribution < 1.29 is 4.42 Å². The van der Waals surface area contributed by atoms with Crippen molar-refractivity contribution in [3.05, 3.63) is 34.5 Å². The zero-order chi connectivity index (χ0) is 11.0. The van der Waals surface area contributed by atoms with Gasteiger partial charge in [0.05, 0.1) is 10.5 Å². The molecule has 0 saturated heterocycles. The average Bonchev–Trinajstić information content (AvgIpc) is 2.61. The molecule has 0 amide bonds. The highest BCUT2D eigenvalue weighted by Gasteiger charge is 2.16. The van der Waals surface area contributed by atoms with Crippen molar-refractivity contribution in [3.63, 3.8) is 0 Å². The average molecular weight is 268 g/mol. The maximum absolute atomic E-state index is 6.04. The maximum Gasteiger partial charge on any atom is 0.148 e. The van der Waals surface area contributed by atoms with Crippen LogP contribution in [0.5, 0.6) is 0 Å². The molecular weight excluding hydrogens is 254 g/mol. The molecule has 0 fully saturated rings. The summed E-state index contributed by atoms with van der Waals surface area (Å²) >= 11 is 3.46. The quantitative estimate of drug-likeness (QED) is 0.898. The van der Waals surface area contributed by atoms with E-state index in [-0.39, 0.29) is 6.04 Å². The Hall–Kier alpha value is -0.800. The molecule has 0 aliphatic carbocycles. The van der Waals surface area contributed by atoms with E-state index in [4.69, 9.17) is 10.2 Å². The van der Waals surface area contributed by atoms with E-state index in [2.05, 4.69) is 29.8 Å². The maximum atomic E-state index is 6.04. The van der Waals surface area contributed by atoms with Gasteiger partial charge in [0, 0.05) is 5.39 Å². The predicted octanol–water partition coefficient (Wildman–Crippen LogP) is 3.85. The molecule has 0 saturated carbocycles. The topological polar surface area (TPSA) is 39.2 Å². The Kier molecular flexibility index (Phi) is 2.85. The first-order valence-corrected chi connectivity index (χ1v) is 5.82. The number of halogens is 1. The second-order valence-electron chi connectivity index (χ2n) is 4.08. The van der Waals surface area contributed by atoms with Gasteiger partial charge in [0.1, 0.15) is 11.3 Å². The van der Waals surface area contributed by atoms with Gasteiger partial charge in [0.25, 0.3) is 0 Å². The lowest BCUT2D eigenvalue weighted by Crippen LogP contribution is -2.15. The van der Waals surface area contributed by atoms with Gasteiger partial charge in [-0.2, -0.15) is 0 Å². The van der Waals surface area contributed by atoms with Gasteiger partial charge in [0.15, 0.2) is 0 Å². The molecule has 0 unspecified atom stereocenters. The Morgan fingerprint density at radius 2 is 2.07 bits per heavy atom. The molecule has 0 bridgehead atoms. The molecule has 1 aromatic carbocycles. The third kappa shape index (κ3) is 1.94. The minimum atomic E-state index is -0.0377. The fraction of sp³-hybridized carbons (Fsp3) is 0.333. The van der Waals surface area contributed by atoms with Crippen LogP contribution in [0.1, 0.15) is 25.6 Å². The zero-order valence-electron chi connectivity index (χ0n) is 8.83. The lowest BCUT2D eigenvalue weighted by atomic mass is 10.0. The van der Waals surface area contributed by atoms with E-state index in [0.717, 1.165) is 21.2 Å². The summed E-state index contributed by atoms with van der Waals surface area (Å²) in [6.45, 7) is 4.18. The van der Waals surface area contributed by atoms with Gasteiger partial charge in [-0.25, -0.2) is 0 Å². The first-order valence-electron chi connectivity index (χ1n) is 5.03. The van der Waals surface area contributed by atoms with Crippen molar-refractivity contribution in [1.82, 2.24) is 0 Å². The van der Waals surface area contributed by atoms with Crippen LogP contribution < -0.4 is 5.73 Å². The molecular formula is C12H14BrNO. The van der Waals surface area contributed by atoms with Crippen LogP contribution in [0, 0.1) is 5.92 Å².